The molecule has 0 fully saturated rings. The predicted molar refractivity (Wildman–Crippen MR) is 101 cm³/mol. The molecule has 1 N–H and O–H groups in total. The number of amides is 1. The SMILES string of the molecule is CC(=O)Oc1cc2c(c3c(C)c[nH]c13)[C@H](CCl)CN2C(=O)OC(C)(C)C. The van der Waals surface area contributed by atoms with Crippen molar-refractivity contribution in [3.63, 3.8) is 0 Å². The predicted octanol–water partition coefficient (Wildman–Crippen LogP) is 4.48. The molecule has 1 amide bonds. The molecule has 1 aromatic carbocycles. The van der Waals surface area contributed by atoms with Gasteiger partial charge in [-0.3, -0.25) is 9.69 Å². The van der Waals surface area contributed by atoms with Crippen LogP contribution in [-0.2, 0) is 9.53 Å². The van der Waals surface area contributed by atoms with Crippen molar-refractivity contribution in [1.82, 2.24) is 4.98 Å². The van der Waals surface area contributed by atoms with E-state index in [0.29, 0.717) is 23.9 Å². The molecule has 7 heteroatoms. The standard InChI is InChI=1S/C19H23ClN2O4/c1-10-8-21-17-14(25-11(2)23)6-13-16(15(10)17)12(7-20)9-22(13)18(24)26-19(3,4)5/h6,8,12,21H,7,9H2,1-5H3/t12-/m1/s1. The third kappa shape index (κ3) is 3.26. The fourth-order valence-electron chi connectivity index (χ4n) is 3.36. The summed E-state index contributed by atoms with van der Waals surface area (Å²) < 4.78 is 10.9. The Morgan fingerprint density at radius 1 is 1.38 bits per heavy atom. The van der Waals surface area contributed by atoms with Crippen LogP contribution in [-0.4, -0.2) is 35.1 Å². The van der Waals surface area contributed by atoms with E-state index in [2.05, 4.69) is 4.98 Å². The summed E-state index contributed by atoms with van der Waals surface area (Å²) in [6, 6.07) is 1.71. The van der Waals surface area contributed by atoms with E-state index in [0.717, 1.165) is 22.0 Å². The molecule has 0 radical (unpaired) electrons. The van der Waals surface area contributed by atoms with E-state index in [-0.39, 0.29) is 5.92 Å². The third-order valence-electron chi connectivity index (χ3n) is 4.29. The Labute approximate surface area is 157 Å². The highest BCUT2D eigenvalue weighted by Gasteiger charge is 2.37. The Bertz CT molecular complexity index is 882. The molecule has 2 heterocycles. The van der Waals surface area contributed by atoms with Crippen LogP contribution in [0.3, 0.4) is 0 Å². The molecule has 0 spiro atoms. The molecule has 0 bridgehead atoms. The van der Waals surface area contributed by atoms with Gasteiger partial charge in [0.1, 0.15) is 5.60 Å². The van der Waals surface area contributed by atoms with Crippen molar-refractivity contribution in [2.75, 3.05) is 17.3 Å². The molecule has 0 saturated heterocycles. The molecule has 1 aromatic heterocycles. The zero-order chi connectivity index (χ0) is 19.2. The lowest BCUT2D eigenvalue weighted by Gasteiger charge is -2.25. The number of aryl methyl sites for hydroxylation is 1. The molecule has 26 heavy (non-hydrogen) atoms. The minimum atomic E-state index is -0.608. The second kappa shape index (κ2) is 6.50. The van der Waals surface area contributed by atoms with Gasteiger partial charge in [0, 0.05) is 42.9 Å². The number of benzene rings is 1. The first-order valence-electron chi connectivity index (χ1n) is 8.52. The van der Waals surface area contributed by atoms with Gasteiger partial charge in [-0.1, -0.05) is 0 Å². The van der Waals surface area contributed by atoms with Gasteiger partial charge in [0.15, 0.2) is 5.75 Å². The van der Waals surface area contributed by atoms with Crippen LogP contribution < -0.4 is 9.64 Å². The highest BCUT2D eigenvalue weighted by molar-refractivity contribution is 6.19. The number of carbonyl (C=O) groups excluding carboxylic acids is 2. The smallest absolute Gasteiger partial charge is 0.414 e. The average Bonchev–Trinajstić information content (AvgIpc) is 3.06. The number of nitrogens with zero attached hydrogens (tertiary/aromatic N) is 1. The molecule has 2 aromatic rings. The zero-order valence-corrected chi connectivity index (χ0v) is 16.4. The lowest BCUT2D eigenvalue weighted by Crippen LogP contribution is -2.36. The summed E-state index contributed by atoms with van der Waals surface area (Å²) >= 11 is 6.21. The summed E-state index contributed by atoms with van der Waals surface area (Å²) in [6.07, 6.45) is 1.42. The highest BCUT2D eigenvalue weighted by Crippen LogP contribution is 2.46. The lowest BCUT2D eigenvalue weighted by molar-refractivity contribution is -0.131. The van der Waals surface area contributed by atoms with Crippen LogP contribution in [0.5, 0.6) is 5.75 Å². The summed E-state index contributed by atoms with van der Waals surface area (Å²) in [7, 11) is 0. The average molecular weight is 379 g/mol. The number of alkyl halides is 1. The van der Waals surface area contributed by atoms with E-state index in [1.54, 1.807) is 11.0 Å². The van der Waals surface area contributed by atoms with Gasteiger partial charge in [-0.25, -0.2) is 4.79 Å². The molecular weight excluding hydrogens is 356 g/mol. The van der Waals surface area contributed by atoms with E-state index in [9.17, 15) is 9.59 Å². The molecule has 140 valence electrons. The summed E-state index contributed by atoms with van der Waals surface area (Å²) in [6.45, 7) is 9.22. The molecule has 3 rings (SSSR count). The van der Waals surface area contributed by atoms with E-state index >= 15 is 0 Å². The number of rotatable bonds is 2. The minimum Gasteiger partial charge on any atom is -0.443 e. The molecule has 0 unspecified atom stereocenters. The number of hydrogen-bond acceptors (Lipinski definition) is 4. The van der Waals surface area contributed by atoms with Crippen molar-refractivity contribution >= 4 is 40.3 Å². The fraction of sp³-hybridized carbons (Fsp3) is 0.474. The molecule has 0 aliphatic carbocycles. The molecule has 1 aliphatic rings. The first kappa shape index (κ1) is 18.6. The number of fused-ring (bicyclic) bond motifs is 3. The molecule has 0 saturated carbocycles. The van der Waals surface area contributed by atoms with Crippen LogP contribution in [0, 0.1) is 6.92 Å². The number of aromatic nitrogens is 1. The number of nitrogens with one attached hydrogen (secondary N) is 1. The van der Waals surface area contributed by atoms with E-state index in [1.165, 1.54) is 6.92 Å². The molecule has 6 nitrogen and oxygen atoms in total. The van der Waals surface area contributed by atoms with E-state index < -0.39 is 17.7 Å². The molecule has 1 atom stereocenters. The Hall–Kier alpha value is -2.21. The van der Waals surface area contributed by atoms with Crippen LogP contribution in [0.25, 0.3) is 10.9 Å². The second-order valence-corrected chi connectivity index (χ2v) is 7.87. The number of hydrogen-bond donors (Lipinski definition) is 1. The van der Waals surface area contributed by atoms with Crippen molar-refractivity contribution in [3.8, 4) is 5.75 Å². The van der Waals surface area contributed by atoms with Crippen LogP contribution >= 0.6 is 11.6 Å². The van der Waals surface area contributed by atoms with Gasteiger partial charge in [0.25, 0.3) is 0 Å². The summed E-state index contributed by atoms with van der Waals surface area (Å²) in [5.41, 5.74) is 2.79. The number of aromatic amines is 1. The lowest BCUT2D eigenvalue weighted by atomic mass is 9.97. The van der Waals surface area contributed by atoms with Crippen LogP contribution in [0.15, 0.2) is 12.3 Å². The first-order valence-corrected chi connectivity index (χ1v) is 9.05. The fourth-order valence-corrected chi connectivity index (χ4v) is 3.62. The number of esters is 1. The largest absolute Gasteiger partial charge is 0.443 e. The van der Waals surface area contributed by atoms with Gasteiger partial charge in [0.05, 0.1) is 11.2 Å². The minimum absolute atomic E-state index is 0.0254. The maximum atomic E-state index is 12.7. The normalized spacial score (nSPS) is 16.7. The van der Waals surface area contributed by atoms with E-state index in [4.69, 9.17) is 21.1 Å². The van der Waals surface area contributed by atoms with Crippen molar-refractivity contribution in [1.29, 1.82) is 0 Å². The maximum absolute atomic E-state index is 12.7. The topological polar surface area (TPSA) is 71.6 Å². The number of anilines is 1. The molecule has 1 aliphatic heterocycles. The van der Waals surface area contributed by atoms with Gasteiger partial charge in [-0.05, 0) is 38.8 Å². The Balaban J connectivity index is 2.18. The number of halogens is 1. The summed E-state index contributed by atoms with van der Waals surface area (Å²) in [4.78, 5) is 29.0. The Morgan fingerprint density at radius 2 is 2.08 bits per heavy atom. The van der Waals surface area contributed by atoms with Gasteiger partial charge in [-0.15, -0.1) is 11.6 Å². The van der Waals surface area contributed by atoms with Gasteiger partial charge < -0.3 is 14.5 Å². The Morgan fingerprint density at radius 3 is 2.65 bits per heavy atom. The molecular formula is C19H23ClN2O4. The van der Waals surface area contributed by atoms with Crippen LogP contribution in [0.4, 0.5) is 10.5 Å². The van der Waals surface area contributed by atoms with Gasteiger partial charge >= 0.3 is 12.1 Å². The van der Waals surface area contributed by atoms with Gasteiger partial charge in [-0.2, -0.15) is 0 Å². The first-order chi connectivity index (χ1) is 12.1. The van der Waals surface area contributed by atoms with Crippen molar-refractivity contribution in [2.24, 2.45) is 0 Å². The zero-order valence-electron chi connectivity index (χ0n) is 15.6. The summed E-state index contributed by atoms with van der Waals surface area (Å²) in [5, 5.41) is 0.940. The van der Waals surface area contributed by atoms with Crippen molar-refractivity contribution in [2.45, 2.75) is 46.1 Å². The van der Waals surface area contributed by atoms with Crippen molar-refractivity contribution in [3.05, 3.63) is 23.4 Å². The highest BCUT2D eigenvalue weighted by atomic mass is 35.5. The third-order valence-corrected chi connectivity index (χ3v) is 4.67. The Kier molecular flexibility index (Phi) is 4.65. The summed E-state index contributed by atoms with van der Waals surface area (Å²) in [5.74, 6) is 0.318. The van der Waals surface area contributed by atoms with Gasteiger partial charge in [0.2, 0.25) is 0 Å². The van der Waals surface area contributed by atoms with Crippen LogP contribution in [0.1, 0.15) is 44.7 Å². The maximum Gasteiger partial charge on any atom is 0.414 e. The van der Waals surface area contributed by atoms with E-state index in [1.807, 2.05) is 33.9 Å². The second-order valence-electron chi connectivity index (χ2n) is 7.57. The van der Waals surface area contributed by atoms with Crippen LogP contribution in [0.2, 0.25) is 0 Å². The number of H-pyrrole nitrogens is 1. The number of ether oxygens (including phenoxy) is 2. The van der Waals surface area contributed by atoms with Crippen molar-refractivity contribution < 1.29 is 19.1 Å². The quantitative estimate of drug-likeness (QED) is 0.475. The number of carbonyl (C=O) groups is 2. The monoisotopic (exact) mass is 378 g/mol.